The van der Waals surface area contributed by atoms with Crippen LogP contribution < -0.4 is 4.74 Å². The molecule has 0 aliphatic carbocycles. The molecule has 0 saturated carbocycles. The van der Waals surface area contributed by atoms with E-state index in [1.807, 2.05) is 31.2 Å². The molecule has 3 nitrogen and oxygen atoms in total. The standard InChI is InChI=1S/C12H17NO2/c1-9-6-5-7-11(8-9)15-10(2)12(14)13(3)4/h5-8,10H,1-4H3/t10-/m0/s1. The van der Waals surface area contributed by atoms with Crippen LogP contribution in [0, 0.1) is 6.92 Å². The van der Waals surface area contributed by atoms with Crippen LogP contribution in [-0.2, 0) is 4.79 Å². The van der Waals surface area contributed by atoms with Gasteiger partial charge in [-0.1, -0.05) is 12.1 Å². The van der Waals surface area contributed by atoms with Crippen LogP contribution in [0.2, 0.25) is 0 Å². The molecule has 0 saturated heterocycles. The van der Waals surface area contributed by atoms with E-state index < -0.39 is 6.10 Å². The summed E-state index contributed by atoms with van der Waals surface area (Å²) in [6.45, 7) is 3.75. The number of hydrogen-bond donors (Lipinski definition) is 0. The van der Waals surface area contributed by atoms with E-state index in [0.717, 1.165) is 11.3 Å². The minimum absolute atomic E-state index is 0.0310. The third kappa shape index (κ3) is 3.27. The average Bonchev–Trinajstić information content (AvgIpc) is 2.16. The fourth-order valence-corrected chi connectivity index (χ4v) is 1.31. The van der Waals surface area contributed by atoms with E-state index in [-0.39, 0.29) is 5.91 Å². The molecule has 1 rings (SSSR count). The maximum absolute atomic E-state index is 11.5. The number of amides is 1. The first-order valence-corrected chi connectivity index (χ1v) is 4.95. The lowest BCUT2D eigenvalue weighted by Crippen LogP contribution is -2.35. The number of hydrogen-bond acceptors (Lipinski definition) is 2. The van der Waals surface area contributed by atoms with E-state index >= 15 is 0 Å². The predicted molar refractivity (Wildman–Crippen MR) is 60.0 cm³/mol. The number of carbonyl (C=O) groups excluding carboxylic acids is 1. The van der Waals surface area contributed by atoms with Crippen molar-refractivity contribution >= 4 is 5.91 Å². The van der Waals surface area contributed by atoms with Crippen LogP contribution in [0.15, 0.2) is 24.3 Å². The van der Waals surface area contributed by atoms with Crippen LogP contribution in [0.3, 0.4) is 0 Å². The Kier molecular flexibility index (Phi) is 3.72. The summed E-state index contributed by atoms with van der Waals surface area (Å²) in [7, 11) is 3.44. The number of benzene rings is 1. The van der Waals surface area contributed by atoms with Gasteiger partial charge in [0.25, 0.3) is 5.91 Å². The van der Waals surface area contributed by atoms with Crippen molar-refractivity contribution in [3.63, 3.8) is 0 Å². The largest absolute Gasteiger partial charge is 0.481 e. The summed E-state index contributed by atoms with van der Waals surface area (Å²) in [6, 6.07) is 7.68. The lowest BCUT2D eigenvalue weighted by atomic mass is 10.2. The van der Waals surface area contributed by atoms with Gasteiger partial charge in [0.1, 0.15) is 5.75 Å². The lowest BCUT2D eigenvalue weighted by molar-refractivity contribution is -0.135. The third-order valence-corrected chi connectivity index (χ3v) is 2.09. The maximum Gasteiger partial charge on any atom is 0.262 e. The topological polar surface area (TPSA) is 29.5 Å². The number of nitrogens with zero attached hydrogens (tertiary/aromatic N) is 1. The van der Waals surface area contributed by atoms with Crippen molar-refractivity contribution in [3.8, 4) is 5.75 Å². The number of likely N-dealkylation sites (N-methyl/N-ethyl adjacent to an activating group) is 1. The summed E-state index contributed by atoms with van der Waals surface area (Å²) in [5, 5.41) is 0. The van der Waals surface area contributed by atoms with E-state index in [2.05, 4.69) is 0 Å². The summed E-state index contributed by atoms with van der Waals surface area (Å²) in [5.41, 5.74) is 1.12. The highest BCUT2D eigenvalue weighted by molar-refractivity contribution is 5.80. The van der Waals surface area contributed by atoms with Crippen LogP contribution >= 0.6 is 0 Å². The van der Waals surface area contributed by atoms with Gasteiger partial charge in [0, 0.05) is 14.1 Å². The first kappa shape index (κ1) is 11.6. The van der Waals surface area contributed by atoms with Gasteiger partial charge in [-0.3, -0.25) is 4.79 Å². The van der Waals surface area contributed by atoms with Crippen LogP contribution in [0.4, 0.5) is 0 Å². The number of rotatable bonds is 3. The van der Waals surface area contributed by atoms with Crippen molar-refractivity contribution in [1.29, 1.82) is 0 Å². The zero-order valence-corrected chi connectivity index (χ0v) is 9.65. The van der Waals surface area contributed by atoms with Crippen molar-refractivity contribution in [3.05, 3.63) is 29.8 Å². The second-order valence-electron chi connectivity index (χ2n) is 3.81. The predicted octanol–water partition coefficient (Wildman–Crippen LogP) is 1.85. The minimum Gasteiger partial charge on any atom is -0.481 e. The molecule has 0 radical (unpaired) electrons. The average molecular weight is 207 g/mol. The molecule has 0 aliphatic rings. The molecule has 0 bridgehead atoms. The molecule has 1 amide bonds. The van der Waals surface area contributed by atoms with Crippen LogP contribution in [0.5, 0.6) is 5.75 Å². The van der Waals surface area contributed by atoms with Crippen molar-refractivity contribution in [2.45, 2.75) is 20.0 Å². The molecule has 1 aromatic rings. The van der Waals surface area contributed by atoms with E-state index in [0.29, 0.717) is 0 Å². The molecule has 0 spiro atoms. The second kappa shape index (κ2) is 4.82. The van der Waals surface area contributed by atoms with Gasteiger partial charge in [-0.2, -0.15) is 0 Å². The Bertz CT molecular complexity index is 347. The Morgan fingerprint density at radius 2 is 2.07 bits per heavy atom. The van der Waals surface area contributed by atoms with Gasteiger partial charge in [-0.05, 0) is 31.5 Å². The van der Waals surface area contributed by atoms with Gasteiger partial charge in [-0.15, -0.1) is 0 Å². The van der Waals surface area contributed by atoms with Gasteiger partial charge in [0.05, 0.1) is 0 Å². The fourth-order valence-electron chi connectivity index (χ4n) is 1.31. The molecule has 0 N–H and O–H groups in total. The van der Waals surface area contributed by atoms with E-state index in [4.69, 9.17) is 4.74 Å². The van der Waals surface area contributed by atoms with Crippen LogP contribution in [0.1, 0.15) is 12.5 Å². The van der Waals surface area contributed by atoms with Gasteiger partial charge in [-0.25, -0.2) is 0 Å². The summed E-state index contributed by atoms with van der Waals surface area (Å²) in [6.07, 6.45) is -0.443. The molecule has 0 unspecified atom stereocenters. The van der Waals surface area contributed by atoms with Crippen molar-refractivity contribution in [1.82, 2.24) is 4.90 Å². The van der Waals surface area contributed by atoms with E-state index in [1.165, 1.54) is 4.90 Å². The number of aryl methyl sites for hydroxylation is 1. The minimum atomic E-state index is -0.443. The highest BCUT2D eigenvalue weighted by Gasteiger charge is 2.16. The Balaban J connectivity index is 2.66. The molecular formula is C12H17NO2. The van der Waals surface area contributed by atoms with Crippen molar-refractivity contribution < 1.29 is 9.53 Å². The molecule has 1 atom stereocenters. The second-order valence-corrected chi connectivity index (χ2v) is 3.81. The first-order valence-electron chi connectivity index (χ1n) is 4.95. The highest BCUT2D eigenvalue weighted by Crippen LogP contribution is 2.14. The van der Waals surface area contributed by atoms with Crippen LogP contribution in [0.25, 0.3) is 0 Å². The monoisotopic (exact) mass is 207 g/mol. The number of ether oxygens (including phenoxy) is 1. The summed E-state index contributed by atoms with van der Waals surface area (Å²) in [4.78, 5) is 13.1. The molecule has 1 aromatic carbocycles. The Morgan fingerprint density at radius 1 is 1.40 bits per heavy atom. The summed E-state index contributed by atoms with van der Waals surface area (Å²) >= 11 is 0. The molecular weight excluding hydrogens is 190 g/mol. The molecule has 15 heavy (non-hydrogen) atoms. The first-order chi connectivity index (χ1) is 7.00. The Hall–Kier alpha value is -1.51. The molecule has 3 heteroatoms. The van der Waals surface area contributed by atoms with Gasteiger partial charge in [0.15, 0.2) is 6.10 Å². The SMILES string of the molecule is Cc1cccc(O[C@@H](C)C(=O)N(C)C)c1. The summed E-state index contributed by atoms with van der Waals surface area (Å²) < 4.78 is 5.53. The Labute approximate surface area is 90.7 Å². The maximum atomic E-state index is 11.5. The van der Waals surface area contributed by atoms with Gasteiger partial charge in [0.2, 0.25) is 0 Å². The fraction of sp³-hybridized carbons (Fsp3) is 0.417. The summed E-state index contributed by atoms with van der Waals surface area (Å²) in [5.74, 6) is 0.703. The van der Waals surface area contributed by atoms with Crippen LogP contribution in [-0.4, -0.2) is 31.0 Å². The molecule has 0 fully saturated rings. The smallest absolute Gasteiger partial charge is 0.262 e. The van der Waals surface area contributed by atoms with Gasteiger partial charge < -0.3 is 9.64 Å². The molecule has 0 aromatic heterocycles. The highest BCUT2D eigenvalue weighted by atomic mass is 16.5. The molecule has 82 valence electrons. The molecule has 0 aliphatic heterocycles. The molecule has 0 heterocycles. The van der Waals surface area contributed by atoms with Crippen molar-refractivity contribution in [2.75, 3.05) is 14.1 Å². The van der Waals surface area contributed by atoms with Gasteiger partial charge >= 0.3 is 0 Å². The Morgan fingerprint density at radius 3 is 2.60 bits per heavy atom. The zero-order chi connectivity index (χ0) is 11.4. The normalized spacial score (nSPS) is 12.0. The van der Waals surface area contributed by atoms with E-state index in [9.17, 15) is 4.79 Å². The van der Waals surface area contributed by atoms with E-state index in [1.54, 1.807) is 21.0 Å². The number of carbonyl (C=O) groups is 1. The third-order valence-electron chi connectivity index (χ3n) is 2.09. The zero-order valence-electron chi connectivity index (χ0n) is 9.65. The van der Waals surface area contributed by atoms with Crippen molar-refractivity contribution in [2.24, 2.45) is 0 Å². The lowest BCUT2D eigenvalue weighted by Gasteiger charge is -2.18. The quantitative estimate of drug-likeness (QED) is 0.757.